The molecule has 0 radical (unpaired) electrons. The first-order valence-corrected chi connectivity index (χ1v) is 7.75. The first-order valence-electron chi connectivity index (χ1n) is 7.75. The van der Waals surface area contributed by atoms with Gasteiger partial charge in [0.25, 0.3) is 0 Å². The predicted molar refractivity (Wildman–Crippen MR) is 76.4 cm³/mol. The van der Waals surface area contributed by atoms with E-state index < -0.39 is 11.9 Å². The highest BCUT2D eigenvalue weighted by atomic mass is 16.4. The van der Waals surface area contributed by atoms with Gasteiger partial charge in [0.2, 0.25) is 0 Å². The van der Waals surface area contributed by atoms with Crippen molar-refractivity contribution in [3.63, 3.8) is 0 Å². The lowest BCUT2D eigenvalue weighted by atomic mass is 9.90. The lowest BCUT2D eigenvalue weighted by Crippen LogP contribution is -2.52. The molecule has 1 heterocycles. The van der Waals surface area contributed by atoms with Crippen molar-refractivity contribution in [1.29, 1.82) is 0 Å². The molecule has 5 nitrogen and oxygen atoms in total. The maximum atomic E-state index is 12.3. The topological polar surface area (TPSA) is 69.6 Å². The number of amides is 2. The number of hydrogen-bond donors (Lipinski definition) is 2. The zero-order valence-electron chi connectivity index (χ0n) is 12.5. The molecule has 2 fully saturated rings. The normalized spacial score (nSPS) is 29.2. The maximum absolute atomic E-state index is 12.3. The van der Waals surface area contributed by atoms with Gasteiger partial charge in [-0.05, 0) is 38.0 Å². The van der Waals surface area contributed by atoms with E-state index in [4.69, 9.17) is 5.11 Å². The van der Waals surface area contributed by atoms with Crippen LogP contribution in [0.15, 0.2) is 0 Å². The van der Waals surface area contributed by atoms with Crippen LogP contribution in [0.4, 0.5) is 4.79 Å². The van der Waals surface area contributed by atoms with Gasteiger partial charge < -0.3 is 15.3 Å². The molecule has 0 aromatic heterocycles. The minimum Gasteiger partial charge on any atom is -0.481 e. The number of piperidine rings is 1. The van der Waals surface area contributed by atoms with Crippen molar-refractivity contribution < 1.29 is 14.7 Å². The second-order valence-electron chi connectivity index (χ2n) is 6.56. The Hall–Kier alpha value is -1.26. The molecule has 0 bridgehead atoms. The Morgan fingerprint density at radius 2 is 1.90 bits per heavy atom. The smallest absolute Gasteiger partial charge is 0.317 e. The molecule has 5 heteroatoms. The van der Waals surface area contributed by atoms with Gasteiger partial charge in [-0.25, -0.2) is 4.79 Å². The summed E-state index contributed by atoms with van der Waals surface area (Å²) in [7, 11) is 0. The summed E-state index contributed by atoms with van der Waals surface area (Å²) in [6, 6.07) is 0.0905. The van der Waals surface area contributed by atoms with Crippen LogP contribution >= 0.6 is 0 Å². The summed E-state index contributed by atoms with van der Waals surface area (Å²) >= 11 is 0. The number of nitrogens with zero attached hydrogens (tertiary/aromatic N) is 1. The number of aliphatic carboxylic acids is 1. The van der Waals surface area contributed by atoms with Crippen LogP contribution in [-0.2, 0) is 4.79 Å². The molecule has 0 spiro atoms. The Balaban J connectivity index is 1.88. The SMILES string of the molecule is CC1CC(C(=O)O)CN(C(=O)N[C@@H](C)C2CCCC2)C1. The summed E-state index contributed by atoms with van der Waals surface area (Å²) in [5.74, 6) is -0.390. The van der Waals surface area contributed by atoms with Crippen LogP contribution in [0.3, 0.4) is 0 Å². The molecule has 114 valence electrons. The number of urea groups is 1. The standard InChI is InChI=1S/C15H26N2O3/c1-10-7-13(14(18)19)9-17(8-10)15(20)16-11(2)12-5-3-4-6-12/h10-13H,3-9H2,1-2H3,(H,16,20)(H,18,19)/t10?,11-,13?/m0/s1. The predicted octanol–water partition coefficient (Wildman–Crippen LogP) is 2.32. The monoisotopic (exact) mass is 282 g/mol. The molecule has 1 aliphatic carbocycles. The number of nitrogens with one attached hydrogen (secondary N) is 1. The second kappa shape index (κ2) is 6.46. The minimum atomic E-state index is -0.793. The molecule has 1 aliphatic heterocycles. The first-order chi connectivity index (χ1) is 9.47. The first kappa shape index (κ1) is 15.1. The molecule has 20 heavy (non-hydrogen) atoms. The van der Waals surface area contributed by atoms with Crippen LogP contribution in [0.2, 0.25) is 0 Å². The van der Waals surface area contributed by atoms with Crippen LogP contribution in [0.5, 0.6) is 0 Å². The molecular formula is C15H26N2O3. The van der Waals surface area contributed by atoms with Crippen molar-refractivity contribution in [2.24, 2.45) is 17.8 Å². The molecule has 2 unspecified atom stereocenters. The van der Waals surface area contributed by atoms with Crippen LogP contribution in [0.25, 0.3) is 0 Å². The minimum absolute atomic E-state index is 0.0952. The fourth-order valence-electron chi connectivity index (χ4n) is 3.56. The van der Waals surface area contributed by atoms with E-state index in [-0.39, 0.29) is 18.0 Å². The van der Waals surface area contributed by atoms with E-state index in [1.54, 1.807) is 4.90 Å². The highest BCUT2D eigenvalue weighted by Crippen LogP contribution is 2.28. The molecule has 0 aromatic carbocycles. The van der Waals surface area contributed by atoms with Gasteiger partial charge in [0.15, 0.2) is 0 Å². The number of rotatable bonds is 3. The molecule has 1 saturated carbocycles. The van der Waals surface area contributed by atoms with Crippen LogP contribution in [0, 0.1) is 17.8 Å². The zero-order chi connectivity index (χ0) is 14.7. The molecule has 0 aromatic rings. The lowest BCUT2D eigenvalue weighted by Gasteiger charge is -2.35. The van der Waals surface area contributed by atoms with Crippen molar-refractivity contribution in [1.82, 2.24) is 10.2 Å². The summed E-state index contributed by atoms with van der Waals surface area (Å²) in [4.78, 5) is 25.1. The van der Waals surface area contributed by atoms with E-state index in [0.717, 1.165) is 0 Å². The lowest BCUT2D eigenvalue weighted by molar-refractivity contribution is -0.143. The van der Waals surface area contributed by atoms with Gasteiger partial charge in [0.05, 0.1) is 5.92 Å². The Bertz CT molecular complexity index is 366. The zero-order valence-corrected chi connectivity index (χ0v) is 12.5. The number of carbonyl (C=O) groups excluding carboxylic acids is 1. The van der Waals surface area contributed by atoms with E-state index >= 15 is 0 Å². The molecule has 2 N–H and O–H groups in total. The Labute approximate surface area is 120 Å². The highest BCUT2D eigenvalue weighted by Gasteiger charge is 2.33. The van der Waals surface area contributed by atoms with E-state index in [1.165, 1.54) is 25.7 Å². The van der Waals surface area contributed by atoms with Crippen molar-refractivity contribution in [3.05, 3.63) is 0 Å². The van der Waals surface area contributed by atoms with Crippen molar-refractivity contribution >= 4 is 12.0 Å². The van der Waals surface area contributed by atoms with Crippen molar-refractivity contribution in [3.8, 4) is 0 Å². The van der Waals surface area contributed by atoms with Gasteiger partial charge in [0.1, 0.15) is 0 Å². The largest absolute Gasteiger partial charge is 0.481 e. The third kappa shape index (κ3) is 3.64. The molecular weight excluding hydrogens is 256 g/mol. The summed E-state index contributed by atoms with van der Waals surface area (Å²) in [5, 5.41) is 12.2. The van der Waals surface area contributed by atoms with E-state index in [2.05, 4.69) is 12.2 Å². The van der Waals surface area contributed by atoms with Crippen molar-refractivity contribution in [2.75, 3.05) is 13.1 Å². The molecule has 3 atom stereocenters. The van der Waals surface area contributed by atoms with E-state index in [9.17, 15) is 9.59 Å². The molecule has 2 rings (SSSR count). The summed E-state index contributed by atoms with van der Waals surface area (Å²) < 4.78 is 0. The number of hydrogen-bond acceptors (Lipinski definition) is 2. The Morgan fingerprint density at radius 3 is 2.50 bits per heavy atom. The number of carbonyl (C=O) groups is 2. The number of likely N-dealkylation sites (tertiary alicyclic amines) is 1. The van der Waals surface area contributed by atoms with Gasteiger partial charge in [-0.1, -0.05) is 19.8 Å². The fourth-order valence-corrected chi connectivity index (χ4v) is 3.56. The van der Waals surface area contributed by atoms with Crippen molar-refractivity contribution in [2.45, 2.75) is 52.0 Å². The molecule has 2 amide bonds. The van der Waals surface area contributed by atoms with Crippen LogP contribution < -0.4 is 5.32 Å². The molecule has 2 aliphatic rings. The molecule has 1 saturated heterocycles. The Morgan fingerprint density at radius 1 is 1.25 bits per heavy atom. The Kier molecular flexibility index (Phi) is 4.89. The number of carboxylic acids is 1. The van der Waals surface area contributed by atoms with Gasteiger partial charge in [0, 0.05) is 19.1 Å². The fraction of sp³-hybridized carbons (Fsp3) is 0.867. The van der Waals surface area contributed by atoms with E-state index in [0.29, 0.717) is 25.4 Å². The van der Waals surface area contributed by atoms with Gasteiger partial charge in [-0.15, -0.1) is 0 Å². The summed E-state index contributed by atoms with van der Waals surface area (Å²) in [5.41, 5.74) is 0. The average Bonchev–Trinajstić information content (AvgIpc) is 2.91. The second-order valence-corrected chi connectivity index (χ2v) is 6.56. The third-order valence-corrected chi connectivity index (χ3v) is 4.75. The van der Waals surface area contributed by atoms with Gasteiger partial charge >= 0.3 is 12.0 Å². The van der Waals surface area contributed by atoms with Gasteiger partial charge in [-0.2, -0.15) is 0 Å². The summed E-state index contributed by atoms with van der Waals surface area (Å²) in [6.07, 6.45) is 5.56. The van der Waals surface area contributed by atoms with E-state index in [1.807, 2.05) is 6.92 Å². The number of carboxylic acid groups (broad SMARTS) is 1. The van der Waals surface area contributed by atoms with Crippen LogP contribution in [0.1, 0.15) is 46.0 Å². The highest BCUT2D eigenvalue weighted by molar-refractivity contribution is 5.76. The average molecular weight is 282 g/mol. The van der Waals surface area contributed by atoms with Gasteiger partial charge in [-0.3, -0.25) is 4.79 Å². The summed E-state index contributed by atoms with van der Waals surface area (Å²) in [6.45, 7) is 5.07. The quantitative estimate of drug-likeness (QED) is 0.834. The maximum Gasteiger partial charge on any atom is 0.317 e. The third-order valence-electron chi connectivity index (χ3n) is 4.75. The van der Waals surface area contributed by atoms with Crippen LogP contribution in [-0.4, -0.2) is 41.1 Å².